The van der Waals surface area contributed by atoms with Crippen LogP contribution < -0.4 is 5.32 Å². The first kappa shape index (κ1) is 20.8. The largest absolute Gasteiger partial charge is 0.444 e. The molecule has 1 N–H and O–H groups in total. The minimum Gasteiger partial charge on any atom is -0.444 e. The van der Waals surface area contributed by atoms with Crippen molar-refractivity contribution in [2.24, 2.45) is 10.9 Å². The molecule has 7 nitrogen and oxygen atoms in total. The van der Waals surface area contributed by atoms with E-state index in [9.17, 15) is 4.79 Å². The molecule has 0 radical (unpaired) electrons. The fourth-order valence-corrected chi connectivity index (χ4v) is 3.71. The van der Waals surface area contributed by atoms with Gasteiger partial charge < -0.3 is 24.6 Å². The molecule has 0 aromatic rings. The van der Waals surface area contributed by atoms with Crippen LogP contribution in [0, 0.1) is 5.92 Å². The number of amides is 1. The van der Waals surface area contributed by atoms with Gasteiger partial charge in [0.1, 0.15) is 5.60 Å². The highest BCUT2D eigenvalue weighted by Gasteiger charge is 2.31. The highest BCUT2D eigenvalue weighted by atomic mass is 16.6. The van der Waals surface area contributed by atoms with Crippen molar-refractivity contribution in [3.63, 3.8) is 0 Å². The van der Waals surface area contributed by atoms with Gasteiger partial charge in [0.05, 0.1) is 12.6 Å². The minimum atomic E-state index is -0.464. The molecule has 0 spiro atoms. The molecule has 0 aromatic heterocycles. The Bertz CT molecular complexity index is 490. The molecule has 2 heterocycles. The van der Waals surface area contributed by atoms with Crippen LogP contribution in [0.3, 0.4) is 0 Å². The van der Waals surface area contributed by atoms with Crippen LogP contribution in [0.5, 0.6) is 0 Å². The van der Waals surface area contributed by atoms with Gasteiger partial charge in [-0.15, -0.1) is 0 Å². The Morgan fingerprint density at radius 1 is 1.23 bits per heavy atom. The molecule has 2 unspecified atom stereocenters. The van der Waals surface area contributed by atoms with Crippen molar-refractivity contribution < 1.29 is 14.3 Å². The summed E-state index contributed by atoms with van der Waals surface area (Å²) in [6.45, 7) is 9.96. The van der Waals surface area contributed by atoms with Gasteiger partial charge in [0, 0.05) is 46.3 Å². The lowest BCUT2D eigenvalue weighted by atomic mass is 10.0. The number of carbonyl (C=O) groups is 1. The standard InChI is InChI=1S/C19H36N4O3/c1-19(2,3)26-18(24)23-10-7-6-8-16(23)12-21-17(20-4)22-11-9-15(13-22)14-25-5/h15-16H,6-14H2,1-5H3,(H,20,21). The minimum absolute atomic E-state index is 0.146. The van der Waals surface area contributed by atoms with Crippen LogP contribution in [-0.4, -0.2) is 80.4 Å². The van der Waals surface area contributed by atoms with Gasteiger partial charge >= 0.3 is 6.09 Å². The average molecular weight is 369 g/mol. The van der Waals surface area contributed by atoms with Gasteiger partial charge in [-0.3, -0.25) is 4.99 Å². The number of piperidine rings is 1. The molecular weight excluding hydrogens is 332 g/mol. The quantitative estimate of drug-likeness (QED) is 0.609. The van der Waals surface area contributed by atoms with Crippen LogP contribution in [0.1, 0.15) is 46.5 Å². The Kier molecular flexibility index (Phi) is 7.55. The van der Waals surface area contributed by atoms with E-state index in [4.69, 9.17) is 9.47 Å². The van der Waals surface area contributed by atoms with Gasteiger partial charge in [-0.25, -0.2) is 4.79 Å². The highest BCUT2D eigenvalue weighted by molar-refractivity contribution is 5.80. The Balaban J connectivity index is 1.89. The number of guanidine groups is 1. The van der Waals surface area contributed by atoms with Crippen LogP contribution in [0.15, 0.2) is 4.99 Å². The summed E-state index contributed by atoms with van der Waals surface area (Å²) in [6.07, 6.45) is 4.09. The van der Waals surface area contributed by atoms with Crippen molar-refractivity contribution in [1.29, 1.82) is 0 Å². The van der Waals surface area contributed by atoms with E-state index >= 15 is 0 Å². The number of rotatable bonds is 4. The van der Waals surface area contributed by atoms with Gasteiger partial charge in [0.25, 0.3) is 0 Å². The number of hydrogen-bond donors (Lipinski definition) is 1. The van der Waals surface area contributed by atoms with E-state index in [1.165, 1.54) is 0 Å². The molecule has 2 atom stereocenters. The summed E-state index contributed by atoms with van der Waals surface area (Å²) in [7, 11) is 3.57. The molecule has 0 bridgehead atoms. The maximum Gasteiger partial charge on any atom is 0.410 e. The number of carbonyl (C=O) groups excluding carboxylic acids is 1. The lowest BCUT2D eigenvalue weighted by Gasteiger charge is -2.37. The molecule has 0 aliphatic carbocycles. The van der Waals surface area contributed by atoms with Gasteiger partial charge in [0.15, 0.2) is 5.96 Å². The summed E-state index contributed by atoms with van der Waals surface area (Å²) >= 11 is 0. The molecular formula is C19H36N4O3. The second-order valence-corrected chi connectivity index (χ2v) is 8.31. The highest BCUT2D eigenvalue weighted by Crippen LogP contribution is 2.21. The van der Waals surface area contributed by atoms with Crippen molar-refractivity contribution >= 4 is 12.1 Å². The molecule has 2 fully saturated rings. The van der Waals surface area contributed by atoms with E-state index in [0.29, 0.717) is 12.5 Å². The van der Waals surface area contributed by atoms with Gasteiger partial charge in [0.2, 0.25) is 0 Å². The summed E-state index contributed by atoms with van der Waals surface area (Å²) in [5.41, 5.74) is -0.464. The van der Waals surface area contributed by atoms with Crippen molar-refractivity contribution in [3.05, 3.63) is 0 Å². The summed E-state index contributed by atoms with van der Waals surface area (Å²) in [5, 5.41) is 3.48. The Morgan fingerprint density at radius 2 is 2.00 bits per heavy atom. The zero-order chi connectivity index (χ0) is 19.2. The lowest BCUT2D eigenvalue weighted by Crippen LogP contribution is -2.52. The average Bonchev–Trinajstić information content (AvgIpc) is 3.03. The zero-order valence-electron chi connectivity index (χ0n) is 17.1. The normalized spacial score (nSPS) is 24.7. The predicted molar refractivity (Wildman–Crippen MR) is 103 cm³/mol. The number of ether oxygens (including phenoxy) is 2. The third kappa shape index (κ3) is 6.04. The van der Waals surface area contributed by atoms with Crippen LogP contribution in [0.2, 0.25) is 0 Å². The summed E-state index contributed by atoms with van der Waals surface area (Å²) in [6, 6.07) is 0.146. The first-order chi connectivity index (χ1) is 12.3. The first-order valence-electron chi connectivity index (χ1n) is 9.78. The smallest absolute Gasteiger partial charge is 0.410 e. The predicted octanol–water partition coefficient (Wildman–Crippen LogP) is 2.32. The second kappa shape index (κ2) is 9.44. The SMILES string of the molecule is CN=C(NCC1CCCCN1C(=O)OC(C)(C)C)N1CCC(COC)C1. The summed E-state index contributed by atoms with van der Waals surface area (Å²) in [4.78, 5) is 21.1. The van der Waals surface area contributed by atoms with E-state index in [1.54, 1.807) is 7.11 Å². The van der Waals surface area contributed by atoms with E-state index in [-0.39, 0.29) is 12.1 Å². The number of nitrogens with one attached hydrogen (secondary N) is 1. The van der Waals surface area contributed by atoms with Crippen molar-refractivity contribution in [2.75, 3.05) is 46.9 Å². The molecule has 0 aromatic carbocycles. The maximum atomic E-state index is 12.5. The van der Waals surface area contributed by atoms with E-state index in [1.807, 2.05) is 32.7 Å². The van der Waals surface area contributed by atoms with Crippen molar-refractivity contribution in [1.82, 2.24) is 15.1 Å². The Hall–Kier alpha value is -1.50. The summed E-state index contributed by atoms with van der Waals surface area (Å²) < 4.78 is 10.9. The number of nitrogens with zero attached hydrogens (tertiary/aromatic N) is 3. The zero-order valence-corrected chi connectivity index (χ0v) is 17.1. The van der Waals surface area contributed by atoms with Crippen molar-refractivity contribution in [3.8, 4) is 0 Å². The van der Waals surface area contributed by atoms with Crippen LogP contribution in [0.4, 0.5) is 4.79 Å². The first-order valence-corrected chi connectivity index (χ1v) is 9.78. The fourth-order valence-electron chi connectivity index (χ4n) is 3.71. The third-order valence-corrected chi connectivity index (χ3v) is 4.95. The number of methoxy groups -OCH3 is 1. The number of hydrogen-bond acceptors (Lipinski definition) is 4. The molecule has 2 aliphatic heterocycles. The van der Waals surface area contributed by atoms with Crippen LogP contribution in [0.25, 0.3) is 0 Å². The van der Waals surface area contributed by atoms with E-state index in [2.05, 4.69) is 15.2 Å². The van der Waals surface area contributed by atoms with E-state index in [0.717, 1.165) is 57.9 Å². The van der Waals surface area contributed by atoms with E-state index < -0.39 is 5.60 Å². The topological polar surface area (TPSA) is 66.4 Å². The van der Waals surface area contributed by atoms with Crippen LogP contribution >= 0.6 is 0 Å². The maximum absolute atomic E-state index is 12.5. The van der Waals surface area contributed by atoms with Gasteiger partial charge in [-0.05, 0) is 46.5 Å². The second-order valence-electron chi connectivity index (χ2n) is 8.31. The van der Waals surface area contributed by atoms with Crippen LogP contribution in [-0.2, 0) is 9.47 Å². The monoisotopic (exact) mass is 368 g/mol. The lowest BCUT2D eigenvalue weighted by molar-refractivity contribution is 0.0104. The van der Waals surface area contributed by atoms with Gasteiger partial charge in [-0.1, -0.05) is 0 Å². The fraction of sp³-hybridized carbons (Fsp3) is 0.895. The van der Waals surface area contributed by atoms with Gasteiger partial charge in [-0.2, -0.15) is 0 Å². The molecule has 1 amide bonds. The van der Waals surface area contributed by atoms with Crippen molar-refractivity contribution in [2.45, 2.75) is 58.1 Å². The number of aliphatic imine (C=N–C) groups is 1. The molecule has 150 valence electrons. The Morgan fingerprint density at radius 3 is 2.65 bits per heavy atom. The molecule has 0 saturated carbocycles. The molecule has 2 rings (SSSR count). The number of likely N-dealkylation sites (tertiary alicyclic amines) is 2. The summed E-state index contributed by atoms with van der Waals surface area (Å²) in [5.74, 6) is 1.48. The molecule has 26 heavy (non-hydrogen) atoms. The molecule has 2 saturated heterocycles. The third-order valence-electron chi connectivity index (χ3n) is 4.95. The molecule has 7 heteroatoms. The molecule has 2 aliphatic rings. The Labute approximate surface area is 158 Å².